The number of hydrogen-bond donors (Lipinski definition) is 4. The normalized spacial score (nSPS) is 18.4. The van der Waals surface area contributed by atoms with Gasteiger partial charge < -0.3 is 20.9 Å². The molecule has 2 aliphatic rings. The van der Waals surface area contributed by atoms with Crippen molar-refractivity contribution < 1.29 is 22.8 Å². The molecule has 7 nitrogen and oxygen atoms in total. The van der Waals surface area contributed by atoms with Crippen LogP contribution in [0.2, 0.25) is 0 Å². The molecule has 210 valence electrons. The molecule has 1 aliphatic carbocycles. The monoisotopic (exact) mass is 559 g/mol. The van der Waals surface area contributed by atoms with E-state index >= 15 is 0 Å². The molecule has 4 aromatic rings. The Labute approximate surface area is 234 Å². The number of aromatic amines is 1. The minimum Gasteiger partial charge on any atom is -0.356 e. The molecule has 0 radical (unpaired) electrons. The van der Waals surface area contributed by atoms with Gasteiger partial charge in [-0.3, -0.25) is 9.59 Å². The zero-order chi connectivity index (χ0) is 28.5. The van der Waals surface area contributed by atoms with Crippen LogP contribution in [0, 0.1) is 5.82 Å². The van der Waals surface area contributed by atoms with Crippen molar-refractivity contribution in [1.29, 1.82) is 0 Å². The van der Waals surface area contributed by atoms with E-state index < -0.39 is 30.5 Å². The molecule has 2 aromatic heterocycles. The summed E-state index contributed by atoms with van der Waals surface area (Å²) in [6.07, 6.45) is 0.945. The number of halogens is 3. The zero-order valence-corrected chi connectivity index (χ0v) is 22.0. The number of anilines is 3. The SMILES string of the molecule is O=C1N[C@@H]2CCC[C@@H]2c2[nH]c(-c3ccnc(NC(=O)C(CC(F)F)c4ccc(F)cc4)c3)c(Nc3ccccc3)c21. The topological polar surface area (TPSA) is 98.9 Å². The van der Waals surface area contributed by atoms with Crippen LogP contribution in [0.4, 0.5) is 30.4 Å². The summed E-state index contributed by atoms with van der Waals surface area (Å²) in [5.41, 5.74) is 4.43. The number of hydrogen-bond acceptors (Lipinski definition) is 4. The first-order valence-electron chi connectivity index (χ1n) is 13.6. The highest BCUT2D eigenvalue weighted by molar-refractivity contribution is 6.07. The number of pyridine rings is 1. The molecule has 41 heavy (non-hydrogen) atoms. The lowest BCUT2D eigenvalue weighted by Crippen LogP contribution is -2.41. The van der Waals surface area contributed by atoms with Gasteiger partial charge >= 0.3 is 0 Å². The van der Waals surface area contributed by atoms with Gasteiger partial charge in [-0.2, -0.15) is 0 Å². The summed E-state index contributed by atoms with van der Waals surface area (Å²) in [5.74, 6) is -2.22. The number of nitrogens with one attached hydrogen (secondary N) is 4. The molecule has 4 N–H and O–H groups in total. The fourth-order valence-electron chi connectivity index (χ4n) is 5.89. The molecule has 10 heteroatoms. The second kappa shape index (κ2) is 11.1. The fraction of sp³-hybridized carbons (Fsp3) is 0.258. The summed E-state index contributed by atoms with van der Waals surface area (Å²) in [4.78, 5) is 34.2. The fourth-order valence-corrected chi connectivity index (χ4v) is 5.89. The Kier molecular flexibility index (Phi) is 7.21. The van der Waals surface area contributed by atoms with Crippen LogP contribution in [0.1, 0.15) is 59.1 Å². The van der Waals surface area contributed by atoms with Crippen LogP contribution in [0.25, 0.3) is 11.3 Å². The van der Waals surface area contributed by atoms with Crippen LogP contribution in [0.15, 0.2) is 72.9 Å². The highest BCUT2D eigenvalue weighted by Gasteiger charge is 2.40. The minimum absolute atomic E-state index is 0.0802. The Morgan fingerprint density at radius 1 is 1.05 bits per heavy atom. The molecule has 1 saturated carbocycles. The number of nitrogens with zero attached hydrogens (tertiary/aromatic N) is 1. The maximum atomic E-state index is 13.4. The van der Waals surface area contributed by atoms with Crippen LogP contribution in [0.5, 0.6) is 0 Å². The third-order valence-electron chi connectivity index (χ3n) is 7.81. The molecule has 1 unspecified atom stereocenters. The summed E-state index contributed by atoms with van der Waals surface area (Å²) in [6.45, 7) is 0. The Hall–Kier alpha value is -4.60. The number of carbonyl (C=O) groups excluding carboxylic acids is 2. The standard InChI is InChI=1S/C31H28F3N5O2/c32-19-11-9-17(10-12-19)22(16-24(33)34)30(40)38-25-15-18(13-14-35-25)27-29(36-20-5-2-1-3-6-20)26-28(39-27)21-7-4-8-23(21)37-31(26)41/h1-3,5-6,9-15,21-24,36,39H,4,7-8,16H2,(H,37,41)(H,35,38,40)/t21-,22?,23+/m0/s1. The maximum absolute atomic E-state index is 13.4. The van der Waals surface area contributed by atoms with Crippen molar-refractivity contribution in [3.8, 4) is 11.3 Å². The van der Waals surface area contributed by atoms with Crippen molar-refractivity contribution in [3.63, 3.8) is 0 Å². The predicted octanol–water partition coefficient (Wildman–Crippen LogP) is 6.72. The summed E-state index contributed by atoms with van der Waals surface area (Å²) in [6, 6.07) is 17.9. The van der Waals surface area contributed by atoms with Gasteiger partial charge in [0.15, 0.2) is 0 Å². The molecule has 1 aliphatic heterocycles. The maximum Gasteiger partial charge on any atom is 0.255 e. The van der Waals surface area contributed by atoms with Crippen molar-refractivity contribution in [1.82, 2.24) is 15.3 Å². The average Bonchev–Trinajstić information content (AvgIpc) is 3.58. The predicted molar refractivity (Wildman–Crippen MR) is 150 cm³/mol. The van der Waals surface area contributed by atoms with Crippen molar-refractivity contribution in [2.45, 2.75) is 50.0 Å². The quantitative estimate of drug-likeness (QED) is 0.193. The van der Waals surface area contributed by atoms with E-state index in [4.69, 9.17) is 0 Å². The number of amides is 2. The number of para-hydroxylation sites is 1. The molecular weight excluding hydrogens is 531 g/mol. The van der Waals surface area contributed by atoms with E-state index in [1.54, 1.807) is 12.1 Å². The van der Waals surface area contributed by atoms with Gasteiger partial charge in [0.1, 0.15) is 11.6 Å². The molecule has 3 heterocycles. The summed E-state index contributed by atoms with van der Waals surface area (Å²) >= 11 is 0. The summed E-state index contributed by atoms with van der Waals surface area (Å²) in [7, 11) is 0. The first-order valence-corrected chi connectivity index (χ1v) is 13.6. The highest BCUT2D eigenvalue weighted by Crippen LogP contribution is 2.45. The third-order valence-corrected chi connectivity index (χ3v) is 7.81. The van der Waals surface area contributed by atoms with Crippen molar-refractivity contribution in [3.05, 3.63) is 95.6 Å². The Morgan fingerprint density at radius 3 is 2.59 bits per heavy atom. The molecule has 3 atom stereocenters. The van der Waals surface area contributed by atoms with Gasteiger partial charge in [-0.15, -0.1) is 0 Å². The highest BCUT2D eigenvalue weighted by atomic mass is 19.3. The van der Waals surface area contributed by atoms with E-state index in [9.17, 15) is 22.8 Å². The molecule has 2 aromatic carbocycles. The second-order valence-corrected chi connectivity index (χ2v) is 10.4. The van der Waals surface area contributed by atoms with Gasteiger partial charge in [0, 0.05) is 41.5 Å². The van der Waals surface area contributed by atoms with Gasteiger partial charge in [-0.05, 0) is 54.8 Å². The summed E-state index contributed by atoms with van der Waals surface area (Å²) < 4.78 is 40.2. The number of carbonyl (C=O) groups is 2. The lowest BCUT2D eigenvalue weighted by molar-refractivity contribution is -0.118. The largest absolute Gasteiger partial charge is 0.356 e. The number of rotatable bonds is 8. The number of benzene rings is 2. The van der Waals surface area contributed by atoms with E-state index in [1.807, 2.05) is 30.3 Å². The van der Waals surface area contributed by atoms with Gasteiger partial charge in [0.25, 0.3) is 5.91 Å². The van der Waals surface area contributed by atoms with E-state index in [-0.39, 0.29) is 29.2 Å². The minimum atomic E-state index is -2.74. The molecule has 6 rings (SSSR count). The molecule has 0 spiro atoms. The molecular formula is C31H28F3N5O2. The summed E-state index contributed by atoms with van der Waals surface area (Å²) in [5, 5.41) is 9.22. The number of H-pyrrole nitrogens is 1. The number of alkyl halides is 2. The molecule has 0 bridgehead atoms. The third kappa shape index (κ3) is 5.41. The van der Waals surface area contributed by atoms with Crippen molar-refractivity contribution >= 4 is 29.0 Å². The van der Waals surface area contributed by atoms with E-state index in [2.05, 4.69) is 25.9 Å². The van der Waals surface area contributed by atoms with E-state index in [0.717, 1.165) is 42.8 Å². The van der Waals surface area contributed by atoms with Crippen LogP contribution in [-0.2, 0) is 4.79 Å². The second-order valence-electron chi connectivity index (χ2n) is 10.4. The average molecular weight is 560 g/mol. The lowest BCUT2D eigenvalue weighted by atomic mass is 9.91. The number of fused-ring (bicyclic) bond motifs is 3. The smallest absolute Gasteiger partial charge is 0.255 e. The number of aromatic nitrogens is 2. The first kappa shape index (κ1) is 26.6. The van der Waals surface area contributed by atoms with Crippen molar-refractivity contribution in [2.24, 2.45) is 0 Å². The Morgan fingerprint density at radius 2 is 1.83 bits per heavy atom. The Balaban J connectivity index is 1.35. The van der Waals surface area contributed by atoms with Crippen LogP contribution < -0.4 is 16.0 Å². The van der Waals surface area contributed by atoms with Gasteiger partial charge in [0.2, 0.25) is 12.3 Å². The first-order chi connectivity index (χ1) is 19.9. The van der Waals surface area contributed by atoms with Gasteiger partial charge in [-0.1, -0.05) is 36.8 Å². The molecule has 2 amide bonds. The van der Waals surface area contributed by atoms with Gasteiger partial charge in [0.05, 0.1) is 22.9 Å². The van der Waals surface area contributed by atoms with Crippen LogP contribution in [-0.4, -0.2) is 34.2 Å². The molecule has 0 saturated heterocycles. The lowest BCUT2D eigenvalue weighted by Gasteiger charge is -2.27. The van der Waals surface area contributed by atoms with Crippen molar-refractivity contribution in [2.75, 3.05) is 10.6 Å². The molecule has 1 fully saturated rings. The van der Waals surface area contributed by atoms with E-state index in [0.29, 0.717) is 22.5 Å². The van der Waals surface area contributed by atoms with Crippen LogP contribution >= 0.6 is 0 Å². The van der Waals surface area contributed by atoms with E-state index in [1.165, 1.54) is 18.3 Å². The van der Waals surface area contributed by atoms with Gasteiger partial charge in [-0.25, -0.2) is 18.2 Å². The Bertz CT molecular complexity index is 1570. The van der Waals surface area contributed by atoms with Crippen LogP contribution in [0.3, 0.4) is 0 Å². The zero-order valence-electron chi connectivity index (χ0n) is 22.0.